The van der Waals surface area contributed by atoms with E-state index in [4.69, 9.17) is 9.47 Å². The highest BCUT2D eigenvalue weighted by Gasteiger charge is 2.24. The molecule has 0 aromatic rings. The van der Waals surface area contributed by atoms with Crippen LogP contribution in [0, 0.1) is 5.92 Å². The van der Waals surface area contributed by atoms with Crippen molar-refractivity contribution in [2.75, 3.05) is 40.0 Å². The van der Waals surface area contributed by atoms with Crippen LogP contribution in [-0.4, -0.2) is 62.8 Å². The second-order valence-electron chi connectivity index (χ2n) is 7.31. The predicted octanol–water partition coefficient (Wildman–Crippen LogP) is 2.12. The van der Waals surface area contributed by atoms with Gasteiger partial charge in [0.1, 0.15) is 6.61 Å². The summed E-state index contributed by atoms with van der Waals surface area (Å²) in [6, 6.07) is 0.154. The lowest BCUT2D eigenvalue weighted by Crippen LogP contribution is -2.47. The van der Waals surface area contributed by atoms with Gasteiger partial charge in [0.05, 0.1) is 13.2 Å². The van der Waals surface area contributed by atoms with Crippen molar-refractivity contribution in [3.8, 4) is 0 Å². The maximum absolute atomic E-state index is 12.4. The molecule has 1 aliphatic heterocycles. The molecule has 1 aliphatic carbocycles. The van der Waals surface area contributed by atoms with E-state index in [1.54, 1.807) is 7.11 Å². The lowest BCUT2D eigenvalue weighted by Gasteiger charge is -2.33. The fourth-order valence-corrected chi connectivity index (χ4v) is 3.81. The summed E-state index contributed by atoms with van der Waals surface area (Å²) in [4.78, 5) is 26.2. The number of carbonyl (C=O) groups is 2. The normalized spacial score (nSPS) is 19.8. The van der Waals surface area contributed by atoms with Crippen LogP contribution in [0.25, 0.3) is 0 Å². The Morgan fingerprint density at radius 2 is 1.76 bits per heavy atom. The third-order valence-corrected chi connectivity index (χ3v) is 5.37. The van der Waals surface area contributed by atoms with Crippen molar-refractivity contribution in [1.82, 2.24) is 10.2 Å². The van der Waals surface area contributed by atoms with Crippen LogP contribution in [0.5, 0.6) is 0 Å². The second kappa shape index (κ2) is 11.5. The van der Waals surface area contributed by atoms with Crippen LogP contribution >= 0.6 is 0 Å². The van der Waals surface area contributed by atoms with Crippen LogP contribution in [0.1, 0.15) is 57.8 Å². The van der Waals surface area contributed by atoms with Crippen molar-refractivity contribution >= 4 is 11.8 Å². The number of piperidine rings is 1. The van der Waals surface area contributed by atoms with Gasteiger partial charge in [-0.05, 0) is 25.2 Å². The molecule has 2 amide bonds. The zero-order chi connectivity index (χ0) is 17.9. The molecular formula is C19H34N2O4. The summed E-state index contributed by atoms with van der Waals surface area (Å²) in [6.07, 6.45) is 10.0. The quantitative estimate of drug-likeness (QED) is 0.644. The van der Waals surface area contributed by atoms with E-state index in [0.717, 1.165) is 38.3 Å². The van der Waals surface area contributed by atoms with Gasteiger partial charge in [0.15, 0.2) is 0 Å². The molecule has 0 unspecified atom stereocenters. The molecule has 0 spiro atoms. The molecule has 1 saturated heterocycles. The summed E-state index contributed by atoms with van der Waals surface area (Å²) in [5.41, 5.74) is 0. The van der Waals surface area contributed by atoms with E-state index in [1.165, 1.54) is 32.1 Å². The molecule has 6 heteroatoms. The van der Waals surface area contributed by atoms with Gasteiger partial charge in [0.25, 0.3) is 0 Å². The summed E-state index contributed by atoms with van der Waals surface area (Å²) >= 11 is 0. The van der Waals surface area contributed by atoms with Crippen LogP contribution in [0.3, 0.4) is 0 Å². The molecule has 0 atom stereocenters. The Labute approximate surface area is 151 Å². The van der Waals surface area contributed by atoms with Crippen molar-refractivity contribution in [3.63, 3.8) is 0 Å². The van der Waals surface area contributed by atoms with Gasteiger partial charge in [-0.1, -0.05) is 32.1 Å². The maximum Gasteiger partial charge on any atom is 0.246 e. The molecule has 2 fully saturated rings. The molecule has 0 aromatic carbocycles. The Bertz CT molecular complexity index is 402. The highest BCUT2D eigenvalue weighted by molar-refractivity contribution is 5.78. The highest BCUT2D eigenvalue weighted by Crippen LogP contribution is 2.27. The molecule has 1 N–H and O–H groups in total. The van der Waals surface area contributed by atoms with Crippen molar-refractivity contribution in [1.29, 1.82) is 0 Å². The number of hydrogen-bond acceptors (Lipinski definition) is 4. The van der Waals surface area contributed by atoms with E-state index in [0.29, 0.717) is 25.5 Å². The summed E-state index contributed by atoms with van der Waals surface area (Å²) < 4.78 is 10.1. The number of rotatable bonds is 9. The first kappa shape index (κ1) is 20.2. The Hall–Kier alpha value is -1.14. The minimum absolute atomic E-state index is 0.0733. The predicted molar refractivity (Wildman–Crippen MR) is 96.2 cm³/mol. The molecule has 0 aromatic heterocycles. The molecule has 6 nitrogen and oxygen atoms in total. The van der Waals surface area contributed by atoms with Gasteiger partial charge < -0.3 is 19.7 Å². The summed E-state index contributed by atoms with van der Waals surface area (Å²) in [7, 11) is 1.60. The summed E-state index contributed by atoms with van der Waals surface area (Å²) in [5, 5.41) is 3.00. The third-order valence-electron chi connectivity index (χ3n) is 5.37. The smallest absolute Gasteiger partial charge is 0.246 e. The van der Waals surface area contributed by atoms with Crippen LogP contribution in [0.4, 0.5) is 0 Å². The van der Waals surface area contributed by atoms with Crippen LogP contribution in [0.2, 0.25) is 0 Å². The van der Waals surface area contributed by atoms with Crippen molar-refractivity contribution in [3.05, 3.63) is 0 Å². The fraction of sp³-hybridized carbons (Fsp3) is 0.895. The summed E-state index contributed by atoms with van der Waals surface area (Å²) in [6.45, 7) is 2.49. The van der Waals surface area contributed by atoms with Crippen LogP contribution < -0.4 is 5.32 Å². The van der Waals surface area contributed by atoms with Crippen molar-refractivity contribution < 1.29 is 19.1 Å². The average molecular weight is 354 g/mol. The third kappa shape index (κ3) is 7.74. The molecule has 2 rings (SSSR count). The molecule has 0 radical (unpaired) electrons. The van der Waals surface area contributed by atoms with E-state index in [9.17, 15) is 9.59 Å². The van der Waals surface area contributed by atoms with Gasteiger partial charge in [-0.25, -0.2) is 0 Å². The number of carbonyl (C=O) groups excluding carboxylic acids is 2. The number of methoxy groups -OCH3 is 1. The lowest BCUT2D eigenvalue weighted by atomic mass is 9.86. The molecule has 1 heterocycles. The van der Waals surface area contributed by atoms with Gasteiger partial charge >= 0.3 is 0 Å². The molecule has 0 bridgehead atoms. The number of likely N-dealkylation sites (tertiary alicyclic amines) is 1. The minimum atomic E-state index is -0.0850. The maximum atomic E-state index is 12.4. The molecule has 1 saturated carbocycles. The number of nitrogens with one attached hydrogen (secondary N) is 1. The Balaban J connectivity index is 1.57. The largest absolute Gasteiger partial charge is 0.382 e. The number of nitrogens with zero attached hydrogens (tertiary/aromatic N) is 1. The number of hydrogen-bond donors (Lipinski definition) is 1. The van der Waals surface area contributed by atoms with Gasteiger partial charge in [-0.2, -0.15) is 0 Å². The first-order chi connectivity index (χ1) is 12.2. The Kier molecular flexibility index (Phi) is 9.26. The lowest BCUT2D eigenvalue weighted by molar-refractivity contribution is -0.133. The SMILES string of the molecule is COCCOCC(=O)NC1CCN(C(=O)CCC2CCCCC2)CC1. The Morgan fingerprint density at radius 3 is 2.44 bits per heavy atom. The molecule has 144 valence electrons. The number of amides is 2. The van der Waals surface area contributed by atoms with Gasteiger partial charge in [-0.3, -0.25) is 9.59 Å². The first-order valence-electron chi connectivity index (χ1n) is 9.83. The monoisotopic (exact) mass is 354 g/mol. The number of ether oxygens (including phenoxy) is 2. The van der Waals surface area contributed by atoms with Crippen LogP contribution in [0.15, 0.2) is 0 Å². The fourth-order valence-electron chi connectivity index (χ4n) is 3.81. The molecule has 2 aliphatic rings. The van der Waals surface area contributed by atoms with Gasteiger partial charge in [0.2, 0.25) is 11.8 Å². The first-order valence-corrected chi connectivity index (χ1v) is 9.83. The van der Waals surface area contributed by atoms with Crippen molar-refractivity contribution in [2.24, 2.45) is 5.92 Å². The van der Waals surface area contributed by atoms with E-state index < -0.39 is 0 Å². The molecular weight excluding hydrogens is 320 g/mol. The van der Waals surface area contributed by atoms with E-state index in [2.05, 4.69) is 5.32 Å². The minimum Gasteiger partial charge on any atom is -0.382 e. The standard InChI is InChI=1S/C19H34N2O4/c1-24-13-14-25-15-18(22)20-17-9-11-21(12-10-17)19(23)8-7-16-5-3-2-4-6-16/h16-17H,2-15H2,1H3,(H,20,22). The molecule has 25 heavy (non-hydrogen) atoms. The highest BCUT2D eigenvalue weighted by atomic mass is 16.5. The van der Waals surface area contributed by atoms with E-state index in [1.807, 2.05) is 4.90 Å². The van der Waals surface area contributed by atoms with Crippen LogP contribution in [-0.2, 0) is 19.1 Å². The zero-order valence-electron chi connectivity index (χ0n) is 15.6. The van der Waals surface area contributed by atoms with Gasteiger partial charge in [-0.15, -0.1) is 0 Å². The van der Waals surface area contributed by atoms with Crippen molar-refractivity contribution in [2.45, 2.75) is 63.8 Å². The topological polar surface area (TPSA) is 67.9 Å². The van der Waals surface area contributed by atoms with E-state index >= 15 is 0 Å². The second-order valence-corrected chi connectivity index (χ2v) is 7.31. The Morgan fingerprint density at radius 1 is 1.04 bits per heavy atom. The van der Waals surface area contributed by atoms with E-state index in [-0.39, 0.29) is 18.6 Å². The summed E-state index contributed by atoms with van der Waals surface area (Å²) in [5.74, 6) is 0.962. The zero-order valence-corrected chi connectivity index (χ0v) is 15.6. The average Bonchev–Trinajstić information content (AvgIpc) is 2.65. The van der Waals surface area contributed by atoms with Gasteiger partial charge in [0, 0.05) is 32.7 Å².